The number of carboxylic acid groups (broad SMARTS) is 1. The first-order valence-electron chi connectivity index (χ1n) is 15.8. The molecule has 0 radical (unpaired) electrons. The van der Waals surface area contributed by atoms with Crippen LogP contribution in [0.3, 0.4) is 0 Å². The molecule has 0 spiro atoms. The van der Waals surface area contributed by atoms with Gasteiger partial charge in [0.15, 0.2) is 0 Å². The summed E-state index contributed by atoms with van der Waals surface area (Å²) in [7, 11) is 1.52. The number of halogens is 4. The van der Waals surface area contributed by atoms with Crippen molar-refractivity contribution in [2.45, 2.75) is 42.6 Å². The highest BCUT2D eigenvalue weighted by Gasteiger charge is 2.58. The number of pyridine rings is 1. The van der Waals surface area contributed by atoms with E-state index in [1.807, 2.05) is 11.0 Å². The van der Waals surface area contributed by atoms with Gasteiger partial charge in [-0.1, -0.05) is 18.2 Å². The van der Waals surface area contributed by atoms with E-state index in [-0.39, 0.29) is 63.1 Å². The average Bonchev–Trinajstić information content (AvgIpc) is 3.70. The Morgan fingerprint density at radius 3 is 2.54 bits per heavy atom. The van der Waals surface area contributed by atoms with Crippen molar-refractivity contribution in [2.24, 2.45) is 11.8 Å². The Hall–Kier alpha value is -4.86. The third kappa shape index (κ3) is 5.27. The lowest BCUT2D eigenvalue weighted by Gasteiger charge is -2.49. The number of carboxylic acids is 1. The molecule has 4 aliphatic heterocycles. The lowest BCUT2D eigenvalue weighted by atomic mass is 9.73. The maximum absolute atomic E-state index is 17.7. The fourth-order valence-corrected chi connectivity index (χ4v) is 8.30. The summed E-state index contributed by atoms with van der Waals surface area (Å²) in [4.78, 5) is 35.7. The van der Waals surface area contributed by atoms with E-state index in [4.69, 9.17) is 4.74 Å². The van der Waals surface area contributed by atoms with Gasteiger partial charge in [0, 0.05) is 67.5 Å². The number of alkyl halides is 4. The fourth-order valence-electron chi connectivity index (χ4n) is 8.30. The molecule has 250 valence electrons. The lowest BCUT2D eigenvalue weighted by molar-refractivity contribution is -0.144. The molecule has 0 aliphatic carbocycles. The summed E-state index contributed by atoms with van der Waals surface area (Å²) in [6.45, 7) is 0.367. The number of likely N-dealkylation sites (tertiary alicyclic amines) is 1. The number of benzene rings is 2. The summed E-state index contributed by atoms with van der Waals surface area (Å²) >= 11 is 0. The first-order chi connectivity index (χ1) is 22.9. The lowest BCUT2D eigenvalue weighted by Crippen LogP contribution is -2.53. The smallest absolute Gasteiger partial charge is 0.416 e. The number of rotatable bonds is 5. The number of aromatic nitrogens is 1. The zero-order valence-electron chi connectivity index (χ0n) is 26.0. The molecule has 1 aromatic heterocycles. The number of carbonyl (C=O) groups is 2. The first kappa shape index (κ1) is 31.7. The number of nitriles is 1. The van der Waals surface area contributed by atoms with Crippen LogP contribution in [0.15, 0.2) is 60.8 Å². The average molecular weight is 664 g/mol. The quantitative estimate of drug-likeness (QED) is 0.371. The van der Waals surface area contributed by atoms with Crippen LogP contribution in [0.25, 0.3) is 0 Å². The van der Waals surface area contributed by atoms with Gasteiger partial charge in [-0.15, -0.1) is 0 Å². The Balaban J connectivity index is 1.24. The molecule has 9 nitrogen and oxygen atoms in total. The highest BCUT2D eigenvalue weighted by molar-refractivity contribution is 5.89. The van der Waals surface area contributed by atoms with Gasteiger partial charge in [-0.05, 0) is 60.4 Å². The summed E-state index contributed by atoms with van der Waals surface area (Å²) in [5, 5.41) is 19.2. The molecule has 4 aliphatic rings. The minimum Gasteiger partial charge on any atom is -0.497 e. The van der Waals surface area contributed by atoms with Gasteiger partial charge >= 0.3 is 12.1 Å². The van der Waals surface area contributed by atoms with Crippen LogP contribution in [0, 0.1) is 23.2 Å². The molecule has 0 bridgehead atoms. The van der Waals surface area contributed by atoms with Crippen LogP contribution in [0.1, 0.15) is 47.1 Å². The van der Waals surface area contributed by atoms with Crippen molar-refractivity contribution in [3.63, 3.8) is 0 Å². The van der Waals surface area contributed by atoms with Gasteiger partial charge in [-0.25, -0.2) is 9.37 Å². The Labute approximate surface area is 274 Å². The van der Waals surface area contributed by atoms with Gasteiger partial charge in [0.05, 0.1) is 25.1 Å². The number of fused-ring (bicyclic) bond motifs is 6. The molecule has 5 heterocycles. The van der Waals surface area contributed by atoms with E-state index in [1.54, 1.807) is 41.3 Å². The Bertz CT molecular complexity index is 1800. The predicted octanol–water partition coefficient (Wildman–Crippen LogP) is 5.22. The number of methoxy groups -OCH3 is 1. The molecule has 1 N–H and O–H groups in total. The third-order valence-electron chi connectivity index (χ3n) is 10.7. The van der Waals surface area contributed by atoms with Crippen molar-refractivity contribution in [3.8, 4) is 11.8 Å². The summed E-state index contributed by atoms with van der Waals surface area (Å²) in [6, 6.07) is 15.3. The normalized spacial score (nSPS) is 27.9. The van der Waals surface area contributed by atoms with E-state index in [2.05, 4.69) is 4.98 Å². The number of amides is 1. The summed E-state index contributed by atoms with van der Waals surface area (Å²) in [6.07, 6.45) is -2.59. The minimum absolute atomic E-state index is 0.0960. The number of hydrogen-bond donors (Lipinski definition) is 1. The van der Waals surface area contributed by atoms with E-state index in [0.29, 0.717) is 28.3 Å². The number of nitrogens with zero attached hydrogens (tertiary/aromatic N) is 5. The monoisotopic (exact) mass is 663 g/mol. The number of anilines is 2. The van der Waals surface area contributed by atoms with Gasteiger partial charge in [-0.2, -0.15) is 18.4 Å². The standard InChI is InChI=1S/C35H33F4N5O4/c1-48-25-5-2-20(3-6-25)29-18-43(24-8-10-41-23(14-24)15-40)19-34(29,36)33(47)42-16-27-26-7-4-22(35(37,38)39)13-31(26)44-11-9-21(32(45)46)12-30(44)28(27)17-42/h2-8,10,13-14,21,27-30H,9,11-12,16-19H2,1H3,(H,45,46)/t21?,27-,28+,29+,30?,34+/m1/s1. The number of carbonyl (C=O) groups excluding carboxylic acids is 1. The van der Waals surface area contributed by atoms with E-state index >= 15 is 4.39 Å². The largest absolute Gasteiger partial charge is 0.497 e. The maximum Gasteiger partial charge on any atom is 0.416 e. The maximum atomic E-state index is 17.7. The zero-order valence-corrected chi connectivity index (χ0v) is 26.0. The fraction of sp³-hybridized carbons (Fsp3) is 0.429. The molecule has 13 heteroatoms. The Morgan fingerprint density at radius 1 is 1.08 bits per heavy atom. The molecule has 6 atom stereocenters. The second-order valence-corrected chi connectivity index (χ2v) is 13.2. The van der Waals surface area contributed by atoms with Crippen molar-refractivity contribution < 1.29 is 37.0 Å². The van der Waals surface area contributed by atoms with E-state index in [0.717, 1.165) is 12.1 Å². The molecule has 2 unspecified atom stereocenters. The number of piperidine rings is 1. The predicted molar refractivity (Wildman–Crippen MR) is 166 cm³/mol. The van der Waals surface area contributed by atoms with Gasteiger partial charge in [0.2, 0.25) is 5.67 Å². The van der Waals surface area contributed by atoms with Crippen LogP contribution >= 0.6 is 0 Å². The van der Waals surface area contributed by atoms with Crippen molar-refractivity contribution in [1.82, 2.24) is 9.88 Å². The second-order valence-electron chi connectivity index (χ2n) is 13.2. The van der Waals surface area contributed by atoms with Crippen molar-refractivity contribution in [1.29, 1.82) is 5.26 Å². The molecular formula is C35H33F4N5O4. The van der Waals surface area contributed by atoms with Crippen LogP contribution in [0.2, 0.25) is 0 Å². The number of hydrogen-bond acceptors (Lipinski definition) is 7. The topological polar surface area (TPSA) is 110 Å². The molecular weight excluding hydrogens is 630 g/mol. The number of ether oxygens (including phenoxy) is 1. The third-order valence-corrected chi connectivity index (χ3v) is 10.7. The summed E-state index contributed by atoms with van der Waals surface area (Å²) in [5.74, 6) is -3.35. The van der Waals surface area contributed by atoms with Gasteiger partial charge < -0.3 is 24.5 Å². The molecule has 3 saturated heterocycles. The van der Waals surface area contributed by atoms with Crippen molar-refractivity contribution in [2.75, 3.05) is 49.6 Å². The SMILES string of the molecule is COc1ccc([C@@H]2CN(c3ccnc(C#N)c3)C[C@@]2(F)C(=O)N2C[C@@H]3c4ccc(C(F)(F)F)cc4N4CCC(C(=O)O)CC4[C@H]3C2)cc1. The first-order valence-corrected chi connectivity index (χ1v) is 15.8. The van der Waals surface area contributed by atoms with Gasteiger partial charge in [-0.3, -0.25) is 9.59 Å². The zero-order chi connectivity index (χ0) is 34.0. The summed E-state index contributed by atoms with van der Waals surface area (Å²) < 4.78 is 64.4. The molecule has 3 fully saturated rings. The number of aliphatic carboxylic acids is 1. The van der Waals surface area contributed by atoms with Crippen LogP contribution in [0.5, 0.6) is 5.75 Å². The highest BCUT2D eigenvalue weighted by atomic mass is 19.4. The van der Waals surface area contributed by atoms with Crippen LogP contribution in [0.4, 0.5) is 28.9 Å². The van der Waals surface area contributed by atoms with E-state index in [9.17, 15) is 33.1 Å². The van der Waals surface area contributed by atoms with Crippen LogP contribution in [-0.2, 0) is 15.8 Å². The molecule has 2 aromatic carbocycles. The Morgan fingerprint density at radius 2 is 1.85 bits per heavy atom. The van der Waals surface area contributed by atoms with Gasteiger partial charge in [0.25, 0.3) is 5.91 Å². The van der Waals surface area contributed by atoms with Crippen molar-refractivity contribution >= 4 is 23.3 Å². The van der Waals surface area contributed by atoms with Crippen molar-refractivity contribution in [3.05, 3.63) is 83.2 Å². The molecule has 0 saturated carbocycles. The summed E-state index contributed by atoms with van der Waals surface area (Å²) in [5.41, 5.74) is -0.834. The molecule has 1 amide bonds. The van der Waals surface area contributed by atoms with Crippen LogP contribution in [-0.4, -0.2) is 78.4 Å². The van der Waals surface area contributed by atoms with Crippen LogP contribution < -0.4 is 14.5 Å². The molecule has 3 aromatic rings. The highest BCUT2D eigenvalue weighted by Crippen LogP contribution is 2.52. The minimum atomic E-state index is -4.56. The van der Waals surface area contributed by atoms with E-state index in [1.165, 1.54) is 24.3 Å². The van der Waals surface area contributed by atoms with Gasteiger partial charge in [0.1, 0.15) is 17.5 Å². The second kappa shape index (κ2) is 11.7. The molecule has 48 heavy (non-hydrogen) atoms. The van der Waals surface area contributed by atoms with E-state index < -0.39 is 47.2 Å². The molecule has 7 rings (SSSR count). The Kier molecular flexibility index (Phi) is 7.72.